The number of ether oxygens (including phenoxy) is 6. The van der Waals surface area contributed by atoms with Gasteiger partial charge in [0.1, 0.15) is 67.1 Å². The predicted molar refractivity (Wildman–Crippen MR) is 338 cm³/mol. The molecule has 3 aliphatic heterocycles. The van der Waals surface area contributed by atoms with Crippen LogP contribution >= 0.6 is 0 Å². The molecule has 14 N–H and O–H groups in total. The van der Waals surface area contributed by atoms with Crippen molar-refractivity contribution in [2.24, 2.45) is 0 Å². The molecular formula is C67H120N2O21. The highest BCUT2D eigenvalue weighted by molar-refractivity contribution is 5.77. The molecule has 3 saturated heterocycles. The van der Waals surface area contributed by atoms with Gasteiger partial charge in [-0.15, -0.1) is 0 Å². The maximum Gasteiger partial charge on any atom is 0.364 e. The molecule has 0 aromatic rings. The normalized spacial score (nSPS) is 28.8. The van der Waals surface area contributed by atoms with Gasteiger partial charge in [0.05, 0.1) is 50.7 Å². The van der Waals surface area contributed by atoms with E-state index >= 15 is 0 Å². The van der Waals surface area contributed by atoms with Gasteiger partial charge in [-0.25, -0.2) is 4.79 Å². The van der Waals surface area contributed by atoms with Gasteiger partial charge in [-0.05, 0) is 51.4 Å². The Kier molecular flexibility index (Phi) is 43.1. The Morgan fingerprint density at radius 1 is 0.589 bits per heavy atom. The van der Waals surface area contributed by atoms with Gasteiger partial charge in [0.2, 0.25) is 11.8 Å². The molecule has 23 heteroatoms. The zero-order valence-corrected chi connectivity index (χ0v) is 54.5. The highest BCUT2D eigenvalue weighted by atomic mass is 16.8. The largest absolute Gasteiger partial charge is 0.477 e. The van der Waals surface area contributed by atoms with E-state index in [1.165, 1.54) is 116 Å². The van der Waals surface area contributed by atoms with Crippen LogP contribution in [0, 0.1) is 0 Å². The SMILES string of the molecule is CCCCCCCCC/C=C/C(O)C(COC1OC(CO)C(OC2OC(CO)C(O)C(OC3(C(=O)O)CC(O)C(NC(C)=O)C(C(O)C(O)CO)O3)C2O)C(O)C1O)NC(=O)CCCCCCCCCCCCC/C=C\C/C=C\CCCCCCCCCCC. The number of carboxylic acids is 1. The molecule has 23 nitrogen and oxygen atoms in total. The van der Waals surface area contributed by atoms with E-state index in [0.717, 1.165) is 77.6 Å². The number of aliphatic hydroxyl groups excluding tert-OH is 11. The standard InChI is InChI=1S/C67H120N2O21/c1-4-6-8-10-12-14-15-16-17-18-19-20-21-22-23-24-25-26-27-28-29-30-31-33-35-37-39-41-54(77)69-48(49(74)40-38-36-34-32-13-11-9-7-5-2)46-85-64-59(81)58(80)61(53(45-72)87-64)88-65-60(82)63(57(79)52(44-71)86-65)90-67(66(83)84)42-50(75)55(68-47(3)73)62(89-67)56(78)51(76)43-70/h19-20,22-23,38,40,48-53,55-65,70-72,74-76,78-82H,4-18,21,24-37,39,41-46H2,1-3H3,(H,68,73)(H,69,77)(H,83,84)/b20-19-,23-22-,40-38+. The number of amides is 2. The van der Waals surface area contributed by atoms with Crippen molar-refractivity contribution in [1.29, 1.82) is 0 Å². The van der Waals surface area contributed by atoms with Gasteiger partial charge in [0.15, 0.2) is 12.6 Å². The number of carboxylic acid groups (broad SMARTS) is 1. The van der Waals surface area contributed by atoms with Gasteiger partial charge in [0, 0.05) is 19.8 Å². The summed E-state index contributed by atoms with van der Waals surface area (Å²) in [6.45, 7) is 2.07. The second-order valence-corrected chi connectivity index (χ2v) is 25.0. The van der Waals surface area contributed by atoms with Crippen LogP contribution in [0.2, 0.25) is 0 Å². The van der Waals surface area contributed by atoms with Crippen molar-refractivity contribution in [3.05, 3.63) is 36.5 Å². The first kappa shape index (κ1) is 81.2. The van der Waals surface area contributed by atoms with Crippen LogP contribution in [0.5, 0.6) is 0 Å². The third-order valence-electron chi connectivity index (χ3n) is 17.3. The average molecular weight is 1290 g/mol. The fourth-order valence-electron chi connectivity index (χ4n) is 11.8. The Morgan fingerprint density at radius 2 is 1.08 bits per heavy atom. The molecule has 18 unspecified atom stereocenters. The van der Waals surface area contributed by atoms with Crippen molar-refractivity contribution >= 4 is 17.8 Å². The Morgan fingerprint density at radius 3 is 1.57 bits per heavy atom. The van der Waals surface area contributed by atoms with Crippen LogP contribution in [-0.4, -0.2) is 215 Å². The third-order valence-corrected chi connectivity index (χ3v) is 17.3. The molecule has 18 atom stereocenters. The number of hydrogen-bond donors (Lipinski definition) is 14. The summed E-state index contributed by atoms with van der Waals surface area (Å²) >= 11 is 0. The zero-order chi connectivity index (χ0) is 66.1. The molecule has 0 radical (unpaired) electrons. The fourth-order valence-corrected chi connectivity index (χ4v) is 11.8. The van der Waals surface area contributed by atoms with Gasteiger partial charge >= 0.3 is 5.97 Å². The predicted octanol–water partition coefficient (Wildman–Crippen LogP) is 5.84. The summed E-state index contributed by atoms with van der Waals surface area (Å²) < 4.78 is 34.7. The van der Waals surface area contributed by atoms with Crippen LogP contribution in [0.25, 0.3) is 0 Å². The van der Waals surface area contributed by atoms with E-state index in [-0.39, 0.29) is 12.3 Å². The summed E-state index contributed by atoms with van der Waals surface area (Å²) in [7, 11) is 0. The van der Waals surface area contributed by atoms with E-state index in [9.17, 15) is 75.7 Å². The molecule has 3 aliphatic rings. The van der Waals surface area contributed by atoms with E-state index in [1.807, 2.05) is 6.08 Å². The Balaban J connectivity index is 1.52. The molecule has 0 spiro atoms. The number of allylic oxidation sites excluding steroid dienone is 5. The zero-order valence-electron chi connectivity index (χ0n) is 54.5. The fraction of sp³-hybridized carbons (Fsp3) is 0.866. The molecule has 2 amide bonds. The van der Waals surface area contributed by atoms with Gasteiger partial charge in [0.25, 0.3) is 5.79 Å². The summed E-state index contributed by atoms with van der Waals surface area (Å²) in [6, 6.07) is -2.62. The maximum absolute atomic E-state index is 13.4. The Bertz CT molecular complexity index is 1970. The van der Waals surface area contributed by atoms with Crippen LogP contribution in [0.3, 0.4) is 0 Å². The summed E-state index contributed by atoms with van der Waals surface area (Å²) in [5, 5.41) is 136. The number of carbonyl (C=O) groups excluding carboxylic acids is 2. The Hall–Kier alpha value is -3.05. The van der Waals surface area contributed by atoms with E-state index in [1.54, 1.807) is 6.08 Å². The number of rotatable bonds is 51. The summed E-state index contributed by atoms with van der Waals surface area (Å²) in [5.41, 5.74) is 0. The third kappa shape index (κ3) is 30.1. The summed E-state index contributed by atoms with van der Waals surface area (Å²) in [4.78, 5) is 38.4. The minimum Gasteiger partial charge on any atom is -0.477 e. The second-order valence-electron chi connectivity index (χ2n) is 25.0. The van der Waals surface area contributed by atoms with E-state index in [0.29, 0.717) is 12.8 Å². The molecule has 524 valence electrons. The molecule has 0 saturated carbocycles. The number of hydrogen-bond acceptors (Lipinski definition) is 20. The number of carbonyl (C=O) groups is 3. The van der Waals surface area contributed by atoms with Crippen LogP contribution in [-0.2, 0) is 42.8 Å². The molecule has 0 aromatic carbocycles. The number of unbranched alkanes of at least 4 members (excludes halogenated alkanes) is 27. The second kappa shape index (κ2) is 47.8. The quantitative estimate of drug-likeness (QED) is 0.0251. The summed E-state index contributed by atoms with van der Waals surface area (Å²) in [5.74, 6) is -6.15. The monoisotopic (exact) mass is 1290 g/mol. The van der Waals surface area contributed by atoms with E-state index in [2.05, 4.69) is 48.8 Å². The van der Waals surface area contributed by atoms with Crippen LogP contribution < -0.4 is 10.6 Å². The van der Waals surface area contributed by atoms with Crippen molar-refractivity contribution in [1.82, 2.24) is 10.6 Å². The highest BCUT2D eigenvalue weighted by Gasteiger charge is 2.60. The molecule has 90 heavy (non-hydrogen) atoms. The van der Waals surface area contributed by atoms with Crippen molar-refractivity contribution in [2.75, 3.05) is 26.4 Å². The lowest BCUT2D eigenvalue weighted by atomic mass is 9.88. The number of nitrogens with one attached hydrogen (secondary N) is 2. The lowest BCUT2D eigenvalue weighted by Crippen LogP contribution is -2.70. The van der Waals surface area contributed by atoms with Crippen molar-refractivity contribution in [3.63, 3.8) is 0 Å². The molecule has 3 rings (SSSR count). The smallest absolute Gasteiger partial charge is 0.364 e. The van der Waals surface area contributed by atoms with Crippen LogP contribution in [0.4, 0.5) is 0 Å². The van der Waals surface area contributed by atoms with E-state index in [4.69, 9.17) is 28.4 Å². The molecular weight excluding hydrogens is 1170 g/mol. The lowest BCUT2D eigenvalue weighted by molar-refractivity contribution is -0.386. The molecule has 0 aromatic heterocycles. The first-order valence-corrected chi connectivity index (χ1v) is 34.4. The van der Waals surface area contributed by atoms with Crippen molar-refractivity contribution in [3.8, 4) is 0 Å². The van der Waals surface area contributed by atoms with Gasteiger partial charge in [-0.3, -0.25) is 9.59 Å². The average Bonchev–Trinajstić information content (AvgIpc) is 0.898. The number of aliphatic carboxylic acids is 1. The minimum atomic E-state index is -3.08. The van der Waals surface area contributed by atoms with Crippen LogP contribution in [0.15, 0.2) is 36.5 Å². The Labute approximate surface area is 536 Å². The van der Waals surface area contributed by atoms with Gasteiger partial charge < -0.3 is 100 Å². The van der Waals surface area contributed by atoms with Crippen LogP contribution in [0.1, 0.15) is 233 Å². The summed E-state index contributed by atoms with van der Waals surface area (Å²) in [6.07, 6.45) is 19.5. The molecule has 3 fully saturated rings. The first-order chi connectivity index (χ1) is 43.4. The minimum absolute atomic E-state index is 0.196. The number of aliphatic hydroxyl groups is 11. The maximum atomic E-state index is 13.4. The molecule has 3 heterocycles. The van der Waals surface area contributed by atoms with Gasteiger partial charge in [-0.1, -0.05) is 198 Å². The molecule has 0 aliphatic carbocycles. The lowest BCUT2D eigenvalue weighted by Gasteiger charge is -2.50. The first-order valence-electron chi connectivity index (χ1n) is 34.4. The van der Waals surface area contributed by atoms with Crippen molar-refractivity contribution in [2.45, 2.75) is 342 Å². The van der Waals surface area contributed by atoms with Crippen molar-refractivity contribution < 1.29 is 104 Å². The molecule has 0 bridgehead atoms. The van der Waals surface area contributed by atoms with Gasteiger partial charge in [-0.2, -0.15) is 0 Å². The van der Waals surface area contributed by atoms with E-state index < -0.39 is 155 Å². The highest BCUT2D eigenvalue weighted by Crippen LogP contribution is 2.39. The topological polar surface area (TPSA) is 373 Å².